The number of nitrogens with zero attached hydrogens (tertiary/aromatic N) is 2. The van der Waals surface area contributed by atoms with Crippen molar-refractivity contribution >= 4 is 11.4 Å². The molecule has 2 heterocycles. The van der Waals surface area contributed by atoms with Gasteiger partial charge in [-0.2, -0.15) is 0 Å². The predicted molar refractivity (Wildman–Crippen MR) is 86.0 cm³/mol. The van der Waals surface area contributed by atoms with Crippen LogP contribution in [0.2, 0.25) is 0 Å². The number of hydrogen-bond acceptors (Lipinski definition) is 2. The van der Waals surface area contributed by atoms with Crippen LogP contribution < -0.4 is 9.80 Å². The molecule has 2 aromatic carbocycles. The monoisotopic (exact) mass is 270 g/mol. The molecule has 0 atom stereocenters. The summed E-state index contributed by atoms with van der Waals surface area (Å²) in [4.78, 5) is 4.75. The van der Waals surface area contributed by atoms with Crippen molar-refractivity contribution in [3.8, 4) is 24.7 Å². The molecule has 2 heteroatoms. The molecule has 0 radical (unpaired) electrons. The van der Waals surface area contributed by atoms with Crippen molar-refractivity contribution in [2.45, 2.75) is 13.1 Å². The third-order valence-electron chi connectivity index (χ3n) is 4.24. The third-order valence-corrected chi connectivity index (χ3v) is 4.24. The molecular weight excluding hydrogens is 256 g/mol. The summed E-state index contributed by atoms with van der Waals surface area (Å²) in [5, 5.41) is 0. The fourth-order valence-corrected chi connectivity index (χ4v) is 3.26. The van der Waals surface area contributed by atoms with Crippen molar-refractivity contribution in [3.63, 3.8) is 0 Å². The van der Waals surface area contributed by atoms with Gasteiger partial charge in [0.2, 0.25) is 0 Å². The van der Waals surface area contributed by atoms with Crippen LogP contribution >= 0.6 is 0 Å². The van der Waals surface area contributed by atoms with Gasteiger partial charge >= 0.3 is 0 Å². The van der Waals surface area contributed by atoms with Crippen molar-refractivity contribution in [3.05, 3.63) is 58.7 Å². The van der Waals surface area contributed by atoms with E-state index in [1.165, 1.54) is 22.5 Å². The van der Waals surface area contributed by atoms with E-state index in [9.17, 15) is 0 Å². The van der Waals surface area contributed by atoms with Crippen molar-refractivity contribution in [2.75, 3.05) is 16.5 Å². The topological polar surface area (TPSA) is 6.48 Å². The average molecular weight is 270 g/mol. The van der Waals surface area contributed by atoms with Crippen molar-refractivity contribution in [1.82, 2.24) is 0 Å². The van der Waals surface area contributed by atoms with Crippen LogP contribution in [0.3, 0.4) is 0 Å². The number of rotatable bonds is 0. The maximum atomic E-state index is 5.51. The summed E-state index contributed by atoms with van der Waals surface area (Å²) in [7, 11) is 0. The second kappa shape index (κ2) is 4.33. The lowest BCUT2D eigenvalue weighted by molar-refractivity contribution is 0.650. The number of terminal acetylenes is 2. The Morgan fingerprint density at radius 3 is 1.67 bits per heavy atom. The highest BCUT2D eigenvalue weighted by molar-refractivity contribution is 5.69. The lowest BCUT2D eigenvalue weighted by Gasteiger charge is -2.44. The molecule has 0 saturated heterocycles. The molecule has 100 valence electrons. The molecule has 0 spiro atoms. The van der Waals surface area contributed by atoms with Crippen LogP contribution in [0.4, 0.5) is 11.4 Å². The Bertz CT molecular complexity index is 751. The van der Waals surface area contributed by atoms with Gasteiger partial charge in [-0.15, -0.1) is 12.8 Å². The molecule has 0 saturated carbocycles. The van der Waals surface area contributed by atoms with Crippen molar-refractivity contribution in [1.29, 1.82) is 0 Å². The van der Waals surface area contributed by atoms with E-state index >= 15 is 0 Å². The zero-order valence-corrected chi connectivity index (χ0v) is 11.6. The van der Waals surface area contributed by atoms with E-state index in [0.29, 0.717) is 0 Å². The maximum Gasteiger partial charge on any atom is 0.0910 e. The van der Waals surface area contributed by atoms with E-state index in [4.69, 9.17) is 12.8 Å². The lowest BCUT2D eigenvalue weighted by Crippen LogP contribution is -2.46. The minimum atomic E-state index is 0.893. The molecule has 2 aliphatic rings. The molecule has 2 nitrogen and oxygen atoms in total. The Morgan fingerprint density at radius 2 is 1.24 bits per heavy atom. The Balaban J connectivity index is 1.81. The molecule has 0 fully saturated rings. The molecule has 2 bridgehead atoms. The molecule has 4 rings (SSSR count). The van der Waals surface area contributed by atoms with Gasteiger partial charge in [-0.3, -0.25) is 0 Å². The summed E-state index contributed by atoms with van der Waals surface area (Å²) in [5.41, 5.74) is 7.04. The van der Waals surface area contributed by atoms with E-state index in [1.807, 2.05) is 12.1 Å². The normalized spacial score (nSPS) is 14.8. The smallest absolute Gasteiger partial charge is 0.0910 e. The zero-order valence-electron chi connectivity index (χ0n) is 11.6. The quantitative estimate of drug-likeness (QED) is 0.679. The lowest BCUT2D eigenvalue weighted by atomic mass is 9.99. The summed E-state index contributed by atoms with van der Waals surface area (Å²) in [6.45, 7) is 2.71. The van der Waals surface area contributed by atoms with Crippen LogP contribution in [0.5, 0.6) is 0 Å². The molecular formula is C19H14N2. The molecule has 2 aliphatic heterocycles. The van der Waals surface area contributed by atoms with Gasteiger partial charge in [0.05, 0.1) is 6.67 Å². The molecule has 0 N–H and O–H groups in total. The van der Waals surface area contributed by atoms with E-state index in [0.717, 1.165) is 30.9 Å². The van der Waals surface area contributed by atoms with Crippen LogP contribution in [0, 0.1) is 24.7 Å². The van der Waals surface area contributed by atoms with Gasteiger partial charge in [0, 0.05) is 35.6 Å². The van der Waals surface area contributed by atoms with Crippen LogP contribution in [-0.4, -0.2) is 6.67 Å². The molecule has 21 heavy (non-hydrogen) atoms. The van der Waals surface area contributed by atoms with Crippen molar-refractivity contribution < 1.29 is 0 Å². The van der Waals surface area contributed by atoms with Crippen molar-refractivity contribution in [2.24, 2.45) is 0 Å². The number of fused-ring (bicyclic) bond motifs is 6. The minimum Gasteiger partial charge on any atom is -0.349 e. The first-order chi connectivity index (χ1) is 10.3. The molecule has 0 aliphatic carbocycles. The van der Waals surface area contributed by atoms with Crippen LogP contribution in [-0.2, 0) is 13.1 Å². The van der Waals surface area contributed by atoms with E-state index in [1.54, 1.807) is 0 Å². The fourth-order valence-electron chi connectivity index (χ4n) is 3.26. The first-order valence-electron chi connectivity index (χ1n) is 6.97. The van der Waals surface area contributed by atoms with E-state index < -0.39 is 0 Å². The van der Waals surface area contributed by atoms with Gasteiger partial charge in [-0.05, 0) is 47.5 Å². The summed E-state index contributed by atoms with van der Waals surface area (Å²) in [6, 6.07) is 12.5. The fraction of sp³-hybridized carbons (Fsp3) is 0.158. The van der Waals surface area contributed by atoms with Gasteiger partial charge in [-0.25, -0.2) is 0 Å². The Labute approximate surface area is 125 Å². The SMILES string of the molecule is C#Cc1ccc2c(c1)CN1CN2Cc2cc(C#C)ccc21. The Morgan fingerprint density at radius 1 is 0.762 bits per heavy atom. The molecule has 0 amide bonds. The van der Waals surface area contributed by atoms with Crippen LogP contribution in [0.15, 0.2) is 36.4 Å². The van der Waals surface area contributed by atoms with Gasteiger partial charge in [0.25, 0.3) is 0 Å². The second-order valence-electron chi connectivity index (χ2n) is 5.51. The largest absolute Gasteiger partial charge is 0.349 e. The highest BCUT2D eigenvalue weighted by Gasteiger charge is 2.29. The Hall–Kier alpha value is -2.84. The average Bonchev–Trinajstić information content (AvgIpc) is 2.53. The predicted octanol–water partition coefficient (Wildman–Crippen LogP) is 2.95. The van der Waals surface area contributed by atoms with Gasteiger partial charge in [0.1, 0.15) is 0 Å². The Kier molecular flexibility index (Phi) is 2.46. The van der Waals surface area contributed by atoms with E-state index in [-0.39, 0.29) is 0 Å². The standard InChI is InChI=1S/C19H14N2/c1-3-14-5-7-18-16(9-14)11-20-13-21(18)12-17-10-15(4-2)6-8-19(17)20/h1-2,5-10H,11-13H2. The molecule has 2 aromatic rings. The summed E-state index contributed by atoms with van der Waals surface area (Å²) in [6.07, 6.45) is 11.0. The highest BCUT2D eigenvalue weighted by Crippen LogP contribution is 2.38. The number of benzene rings is 2. The summed E-state index contributed by atoms with van der Waals surface area (Å²) in [5.74, 6) is 5.44. The second-order valence-corrected chi connectivity index (χ2v) is 5.51. The van der Waals surface area contributed by atoms with Crippen LogP contribution in [0.25, 0.3) is 0 Å². The van der Waals surface area contributed by atoms with Crippen LogP contribution in [0.1, 0.15) is 22.3 Å². The minimum absolute atomic E-state index is 0.893. The molecule has 0 aromatic heterocycles. The summed E-state index contributed by atoms with van der Waals surface area (Å²) < 4.78 is 0. The maximum absolute atomic E-state index is 5.51. The number of anilines is 2. The zero-order chi connectivity index (χ0) is 14.4. The van der Waals surface area contributed by atoms with Gasteiger partial charge in [-0.1, -0.05) is 11.8 Å². The van der Waals surface area contributed by atoms with E-state index in [2.05, 4.69) is 45.9 Å². The summed E-state index contributed by atoms with van der Waals surface area (Å²) >= 11 is 0. The molecule has 0 unspecified atom stereocenters. The number of hydrogen-bond donors (Lipinski definition) is 0. The van der Waals surface area contributed by atoms with Gasteiger partial charge in [0.15, 0.2) is 0 Å². The van der Waals surface area contributed by atoms with Gasteiger partial charge < -0.3 is 9.80 Å². The third kappa shape index (κ3) is 1.77. The first-order valence-corrected chi connectivity index (χ1v) is 6.97. The highest BCUT2D eigenvalue weighted by atomic mass is 15.4. The first kappa shape index (κ1) is 11.9.